The maximum Gasteiger partial charge on any atom is 0.150 e. The first-order valence-electron chi connectivity index (χ1n) is 5.72. The Morgan fingerprint density at radius 3 is 2.69 bits per heavy atom. The first kappa shape index (κ1) is 15.6. The Labute approximate surface area is 99.0 Å². The lowest BCUT2D eigenvalue weighted by atomic mass is 10.4. The maximum absolute atomic E-state index is 11.1. The highest BCUT2D eigenvalue weighted by atomic mass is 32.2. The van der Waals surface area contributed by atoms with E-state index in [-0.39, 0.29) is 11.5 Å². The molecule has 4 nitrogen and oxygen atoms in total. The van der Waals surface area contributed by atoms with E-state index >= 15 is 0 Å². The third-order valence-corrected chi connectivity index (χ3v) is 3.93. The second-order valence-electron chi connectivity index (χ2n) is 3.53. The minimum absolute atomic E-state index is 0.234. The van der Waals surface area contributed by atoms with E-state index in [0.717, 1.165) is 19.5 Å². The van der Waals surface area contributed by atoms with Crippen molar-refractivity contribution in [1.29, 1.82) is 0 Å². The summed E-state index contributed by atoms with van der Waals surface area (Å²) in [6.45, 7) is 8.13. The predicted molar refractivity (Wildman–Crippen MR) is 67.4 cm³/mol. The van der Waals surface area contributed by atoms with Gasteiger partial charge in [-0.05, 0) is 19.4 Å². The summed E-state index contributed by atoms with van der Waals surface area (Å²) in [4.78, 5) is 0. The largest absolute Gasteiger partial charge is 0.380 e. The van der Waals surface area contributed by atoms with Crippen LogP contribution in [0.2, 0.25) is 0 Å². The van der Waals surface area contributed by atoms with Gasteiger partial charge < -0.3 is 10.1 Å². The molecule has 0 bridgehead atoms. The summed E-state index contributed by atoms with van der Waals surface area (Å²) in [6.07, 6.45) is 3.36. The van der Waals surface area contributed by atoms with Crippen molar-refractivity contribution >= 4 is 9.84 Å². The van der Waals surface area contributed by atoms with Crippen LogP contribution in [0.1, 0.15) is 19.8 Å². The fourth-order valence-corrected chi connectivity index (χ4v) is 1.97. The molecule has 0 amide bonds. The summed E-state index contributed by atoms with van der Waals surface area (Å²) in [5.41, 5.74) is 0. The molecule has 1 N–H and O–H groups in total. The minimum Gasteiger partial charge on any atom is -0.380 e. The molecule has 0 aliphatic heterocycles. The Hall–Kier alpha value is -0.390. The van der Waals surface area contributed by atoms with Crippen LogP contribution < -0.4 is 5.32 Å². The van der Waals surface area contributed by atoms with Crippen molar-refractivity contribution < 1.29 is 13.2 Å². The molecule has 0 saturated heterocycles. The quantitative estimate of drug-likeness (QED) is 0.438. The lowest BCUT2D eigenvalue weighted by Crippen LogP contribution is -2.23. The van der Waals surface area contributed by atoms with Gasteiger partial charge in [0.2, 0.25) is 0 Å². The molecule has 0 fully saturated rings. The van der Waals surface area contributed by atoms with E-state index in [2.05, 4.69) is 11.9 Å². The van der Waals surface area contributed by atoms with E-state index in [0.29, 0.717) is 19.6 Å². The van der Waals surface area contributed by atoms with Gasteiger partial charge in [-0.15, -0.1) is 6.58 Å². The van der Waals surface area contributed by atoms with E-state index < -0.39 is 9.84 Å². The van der Waals surface area contributed by atoms with Gasteiger partial charge in [-0.1, -0.05) is 13.0 Å². The lowest BCUT2D eigenvalue weighted by Gasteiger charge is -2.05. The summed E-state index contributed by atoms with van der Waals surface area (Å²) in [6, 6.07) is 0. The van der Waals surface area contributed by atoms with Gasteiger partial charge in [-0.25, -0.2) is 8.42 Å². The van der Waals surface area contributed by atoms with Crippen molar-refractivity contribution in [2.75, 3.05) is 37.8 Å². The third kappa shape index (κ3) is 10.1. The summed E-state index contributed by atoms with van der Waals surface area (Å²) in [7, 11) is -2.81. The van der Waals surface area contributed by atoms with Crippen molar-refractivity contribution in [2.45, 2.75) is 19.8 Å². The number of rotatable bonds is 11. The van der Waals surface area contributed by atoms with E-state index in [1.54, 1.807) is 6.92 Å². The van der Waals surface area contributed by atoms with E-state index in [1.807, 2.05) is 6.08 Å². The zero-order valence-corrected chi connectivity index (χ0v) is 10.9. The van der Waals surface area contributed by atoms with Crippen molar-refractivity contribution in [3.05, 3.63) is 12.7 Å². The zero-order chi connectivity index (χ0) is 12.3. The highest BCUT2D eigenvalue weighted by molar-refractivity contribution is 7.91. The number of nitrogens with one attached hydrogen (secondary N) is 1. The molecule has 0 aromatic heterocycles. The van der Waals surface area contributed by atoms with Crippen LogP contribution in [0.4, 0.5) is 0 Å². The van der Waals surface area contributed by atoms with E-state index in [1.165, 1.54) is 0 Å². The van der Waals surface area contributed by atoms with Gasteiger partial charge in [-0.2, -0.15) is 0 Å². The number of hydrogen-bond donors (Lipinski definition) is 1. The summed E-state index contributed by atoms with van der Waals surface area (Å²) in [5.74, 6) is 0.505. The second kappa shape index (κ2) is 9.81. The molecule has 0 aromatic rings. The van der Waals surface area contributed by atoms with Crippen LogP contribution in [-0.2, 0) is 14.6 Å². The highest BCUT2D eigenvalue weighted by Gasteiger charge is 2.05. The van der Waals surface area contributed by atoms with Crippen LogP contribution in [0.3, 0.4) is 0 Å². The van der Waals surface area contributed by atoms with Gasteiger partial charge in [0.05, 0.1) is 19.0 Å². The summed E-state index contributed by atoms with van der Waals surface area (Å²) in [5, 5.41) is 3.14. The molecule has 0 atom stereocenters. The molecular weight excluding hydrogens is 226 g/mol. The smallest absolute Gasteiger partial charge is 0.150 e. The van der Waals surface area contributed by atoms with E-state index in [9.17, 15) is 8.42 Å². The molecule has 0 spiro atoms. The molecule has 0 unspecified atom stereocenters. The molecule has 0 rings (SSSR count). The molecule has 16 heavy (non-hydrogen) atoms. The topological polar surface area (TPSA) is 55.4 Å². The van der Waals surface area contributed by atoms with Crippen LogP contribution in [0, 0.1) is 0 Å². The van der Waals surface area contributed by atoms with Gasteiger partial charge in [0, 0.05) is 12.3 Å². The Balaban J connectivity index is 3.19. The van der Waals surface area contributed by atoms with Crippen LogP contribution >= 0.6 is 0 Å². The number of sulfone groups is 1. The Kier molecular flexibility index (Phi) is 9.57. The fourth-order valence-electron chi connectivity index (χ4n) is 1.10. The summed E-state index contributed by atoms with van der Waals surface area (Å²) < 4.78 is 27.6. The molecule has 0 radical (unpaired) electrons. The average Bonchev–Trinajstić information content (AvgIpc) is 2.27. The maximum atomic E-state index is 11.1. The van der Waals surface area contributed by atoms with Crippen LogP contribution in [0.5, 0.6) is 0 Å². The molecule has 0 aliphatic carbocycles. The first-order chi connectivity index (χ1) is 7.62. The molecule has 5 heteroatoms. The van der Waals surface area contributed by atoms with Gasteiger partial charge >= 0.3 is 0 Å². The number of hydrogen-bond acceptors (Lipinski definition) is 4. The van der Waals surface area contributed by atoms with E-state index in [4.69, 9.17) is 4.74 Å². The highest BCUT2D eigenvalue weighted by Crippen LogP contribution is 1.92. The summed E-state index contributed by atoms with van der Waals surface area (Å²) >= 11 is 0. The molecule has 0 heterocycles. The Morgan fingerprint density at radius 2 is 2.06 bits per heavy atom. The van der Waals surface area contributed by atoms with Gasteiger partial charge in [0.1, 0.15) is 9.84 Å². The average molecular weight is 249 g/mol. The van der Waals surface area contributed by atoms with Crippen molar-refractivity contribution in [3.8, 4) is 0 Å². The van der Waals surface area contributed by atoms with Crippen LogP contribution in [0.15, 0.2) is 12.7 Å². The zero-order valence-electron chi connectivity index (χ0n) is 10.1. The van der Waals surface area contributed by atoms with Crippen molar-refractivity contribution in [3.63, 3.8) is 0 Å². The Bertz CT molecular complexity index is 262. The van der Waals surface area contributed by atoms with Gasteiger partial charge in [0.15, 0.2) is 0 Å². The first-order valence-corrected chi connectivity index (χ1v) is 7.54. The van der Waals surface area contributed by atoms with Crippen LogP contribution in [0.25, 0.3) is 0 Å². The molecule has 0 saturated carbocycles. The molecule has 0 aliphatic rings. The normalized spacial score (nSPS) is 11.6. The van der Waals surface area contributed by atoms with Crippen molar-refractivity contribution in [1.82, 2.24) is 5.32 Å². The number of ether oxygens (including phenoxy) is 1. The monoisotopic (exact) mass is 249 g/mol. The van der Waals surface area contributed by atoms with Crippen LogP contribution in [-0.4, -0.2) is 46.2 Å². The standard InChI is InChI=1S/C11H23NO3S/c1-3-5-9-15-10-8-12-7-6-11-16(13,14)4-2/h3,12H,1,4-11H2,2H3. The van der Waals surface area contributed by atoms with Gasteiger partial charge in [-0.3, -0.25) is 0 Å². The third-order valence-electron chi connectivity index (χ3n) is 2.14. The minimum atomic E-state index is -2.81. The molecule has 96 valence electrons. The fraction of sp³-hybridized carbons (Fsp3) is 0.818. The van der Waals surface area contributed by atoms with Gasteiger partial charge in [0.25, 0.3) is 0 Å². The SMILES string of the molecule is C=CCCOCCNCCCS(=O)(=O)CC. The second-order valence-corrected chi connectivity index (χ2v) is 6.00. The predicted octanol–water partition coefficient (Wildman–Crippen LogP) is 0.994. The van der Waals surface area contributed by atoms with Crippen molar-refractivity contribution in [2.24, 2.45) is 0 Å². The molecular formula is C11H23NO3S. The lowest BCUT2D eigenvalue weighted by molar-refractivity contribution is 0.140. The Morgan fingerprint density at radius 1 is 1.31 bits per heavy atom. The molecule has 0 aromatic carbocycles.